The molecule has 0 bridgehead atoms. The lowest BCUT2D eigenvalue weighted by Gasteiger charge is -2.09. The third-order valence-electron chi connectivity index (χ3n) is 6.77. The Bertz CT molecular complexity index is 2040. The minimum atomic E-state index is -0.480. The molecule has 0 saturated heterocycles. The number of aromatic nitrogens is 7. The molecule has 5 aromatic heterocycles. The van der Waals surface area contributed by atoms with E-state index < -0.39 is 5.82 Å². The molecular weight excluding hydrogens is 519 g/mol. The van der Waals surface area contributed by atoms with Crippen LogP contribution < -0.4 is 5.32 Å². The molecule has 41 heavy (non-hydrogen) atoms. The molecule has 0 saturated carbocycles. The van der Waals surface area contributed by atoms with Crippen molar-refractivity contribution in [1.82, 2.24) is 35.1 Å². The summed E-state index contributed by atoms with van der Waals surface area (Å²) in [5.74, 6) is -0.263. The van der Waals surface area contributed by atoms with Gasteiger partial charge in [-0.05, 0) is 42.0 Å². The van der Waals surface area contributed by atoms with Gasteiger partial charge in [0.25, 0.3) is 0 Å². The van der Waals surface area contributed by atoms with E-state index in [9.17, 15) is 4.79 Å². The summed E-state index contributed by atoms with van der Waals surface area (Å²) in [6.45, 7) is 0. The Labute approximate surface area is 232 Å². The Kier molecular flexibility index (Phi) is 5.97. The van der Waals surface area contributed by atoms with Crippen molar-refractivity contribution < 1.29 is 9.18 Å². The summed E-state index contributed by atoms with van der Waals surface area (Å²) in [4.78, 5) is 33.5. The fraction of sp³-hybridized carbons (Fsp3) is 0.0323. The predicted octanol–water partition coefficient (Wildman–Crippen LogP) is 5.95. The molecule has 9 nitrogen and oxygen atoms in total. The number of amides is 1. The fourth-order valence-electron chi connectivity index (χ4n) is 4.87. The maximum Gasteiger partial charge on any atom is 0.228 e. The second kappa shape index (κ2) is 10.1. The molecule has 3 N–H and O–H groups in total. The number of rotatable bonds is 6. The Morgan fingerprint density at radius 2 is 1.73 bits per heavy atom. The van der Waals surface area contributed by atoms with Crippen molar-refractivity contribution >= 4 is 33.5 Å². The van der Waals surface area contributed by atoms with Gasteiger partial charge in [0.05, 0.1) is 40.4 Å². The first-order valence-corrected chi connectivity index (χ1v) is 12.9. The second-order valence-corrected chi connectivity index (χ2v) is 9.48. The van der Waals surface area contributed by atoms with E-state index in [-0.39, 0.29) is 17.7 Å². The highest BCUT2D eigenvalue weighted by Gasteiger charge is 2.21. The average molecular weight is 541 g/mol. The quantitative estimate of drug-likeness (QED) is 0.240. The minimum absolute atomic E-state index is 0.187. The van der Waals surface area contributed by atoms with Gasteiger partial charge in [-0.25, -0.2) is 9.37 Å². The van der Waals surface area contributed by atoms with Gasteiger partial charge in [-0.1, -0.05) is 30.3 Å². The van der Waals surface area contributed by atoms with Crippen LogP contribution >= 0.6 is 0 Å². The molecule has 5 heterocycles. The van der Waals surface area contributed by atoms with Gasteiger partial charge in [0.2, 0.25) is 5.91 Å². The first-order chi connectivity index (χ1) is 20.1. The maximum absolute atomic E-state index is 16.2. The Morgan fingerprint density at radius 3 is 2.59 bits per heavy atom. The summed E-state index contributed by atoms with van der Waals surface area (Å²) in [6, 6.07) is 20.1. The summed E-state index contributed by atoms with van der Waals surface area (Å²) in [7, 11) is 0. The highest BCUT2D eigenvalue weighted by atomic mass is 19.1. The Morgan fingerprint density at radius 1 is 0.854 bits per heavy atom. The molecule has 0 spiro atoms. The molecule has 0 aliphatic carbocycles. The first-order valence-electron chi connectivity index (χ1n) is 12.9. The SMILES string of the molecule is O=C(Cc1ccccc1)Nc1cncc(-c2ccc3[nH]nc(-c4nc5c(-c6cccnc6)nccc5[nH]4)c3c2F)c1. The number of nitrogens with one attached hydrogen (secondary N) is 3. The van der Waals surface area contributed by atoms with Gasteiger partial charge in [-0.15, -0.1) is 0 Å². The monoisotopic (exact) mass is 540 g/mol. The molecular formula is C31H21FN8O. The van der Waals surface area contributed by atoms with E-state index in [0.29, 0.717) is 45.1 Å². The lowest BCUT2D eigenvalue weighted by Crippen LogP contribution is -2.14. The number of aromatic amines is 2. The van der Waals surface area contributed by atoms with Crippen LogP contribution in [0.2, 0.25) is 0 Å². The van der Waals surface area contributed by atoms with Crippen molar-refractivity contribution in [2.75, 3.05) is 5.32 Å². The number of nitrogens with zero attached hydrogens (tertiary/aromatic N) is 5. The van der Waals surface area contributed by atoms with E-state index >= 15 is 4.39 Å². The van der Waals surface area contributed by atoms with E-state index in [1.165, 1.54) is 6.20 Å². The molecule has 0 aliphatic rings. The Balaban J connectivity index is 1.24. The van der Waals surface area contributed by atoms with Gasteiger partial charge < -0.3 is 10.3 Å². The van der Waals surface area contributed by atoms with Crippen LogP contribution in [0.25, 0.3) is 55.8 Å². The molecule has 10 heteroatoms. The predicted molar refractivity (Wildman–Crippen MR) is 154 cm³/mol. The van der Waals surface area contributed by atoms with Crippen molar-refractivity contribution in [3.63, 3.8) is 0 Å². The summed E-state index contributed by atoms with van der Waals surface area (Å²) >= 11 is 0. The second-order valence-electron chi connectivity index (χ2n) is 9.48. The van der Waals surface area contributed by atoms with Crippen LogP contribution in [0.1, 0.15) is 5.56 Å². The topological polar surface area (TPSA) is 125 Å². The van der Waals surface area contributed by atoms with Crippen molar-refractivity contribution in [1.29, 1.82) is 0 Å². The Hall–Kier alpha value is -5.77. The molecule has 0 aliphatic heterocycles. The largest absolute Gasteiger partial charge is 0.336 e. The van der Waals surface area contributed by atoms with E-state index in [4.69, 9.17) is 4.98 Å². The third kappa shape index (κ3) is 4.57. The lowest BCUT2D eigenvalue weighted by molar-refractivity contribution is -0.115. The fourth-order valence-corrected chi connectivity index (χ4v) is 4.87. The summed E-state index contributed by atoms with van der Waals surface area (Å²) in [5.41, 5.74) is 5.92. The van der Waals surface area contributed by atoms with Crippen LogP contribution in [0.4, 0.5) is 10.1 Å². The number of benzene rings is 2. The van der Waals surface area contributed by atoms with Crippen LogP contribution in [0.15, 0.2) is 97.7 Å². The first kappa shape index (κ1) is 24.3. The third-order valence-corrected chi connectivity index (χ3v) is 6.77. The van der Waals surface area contributed by atoms with Gasteiger partial charge >= 0.3 is 0 Å². The number of hydrogen-bond acceptors (Lipinski definition) is 6. The van der Waals surface area contributed by atoms with Crippen molar-refractivity contribution in [2.45, 2.75) is 6.42 Å². The van der Waals surface area contributed by atoms with Gasteiger partial charge in [0, 0.05) is 41.5 Å². The summed E-state index contributed by atoms with van der Waals surface area (Å²) in [5, 5.41) is 10.4. The average Bonchev–Trinajstić information content (AvgIpc) is 3.63. The van der Waals surface area contributed by atoms with Crippen molar-refractivity contribution in [2.24, 2.45) is 0 Å². The van der Waals surface area contributed by atoms with Gasteiger partial charge in [0.1, 0.15) is 17.0 Å². The van der Waals surface area contributed by atoms with Crippen molar-refractivity contribution in [3.05, 3.63) is 109 Å². The summed E-state index contributed by atoms with van der Waals surface area (Å²) < 4.78 is 16.2. The van der Waals surface area contributed by atoms with Gasteiger partial charge in [-0.2, -0.15) is 5.10 Å². The van der Waals surface area contributed by atoms with Crippen LogP contribution in [-0.2, 0) is 11.2 Å². The lowest BCUT2D eigenvalue weighted by atomic mass is 10.0. The number of carbonyl (C=O) groups is 1. The van der Waals surface area contributed by atoms with E-state index in [0.717, 1.165) is 16.6 Å². The van der Waals surface area contributed by atoms with Crippen LogP contribution in [0, 0.1) is 5.82 Å². The van der Waals surface area contributed by atoms with Gasteiger partial charge in [0.15, 0.2) is 5.82 Å². The maximum atomic E-state index is 16.2. The van der Waals surface area contributed by atoms with Crippen LogP contribution in [-0.4, -0.2) is 41.0 Å². The number of halogens is 1. The molecule has 2 aromatic carbocycles. The molecule has 7 aromatic rings. The zero-order valence-electron chi connectivity index (χ0n) is 21.5. The number of carbonyl (C=O) groups excluding carboxylic acids is 1. The molecule has 0 unspecified atom stereocenters. The number of fused-ring (bicyclic) bond motifs is 2. The highest BCUT2D eigenvalue weighted by molar-refractivity contribution is 5.98. The van der Waals surface area contributed by atoms with Gasteiger partial charge in [-0.3, -0.25) is 24.8 Å². The molecule has 0 radical (unpaired) electrons. The van der Waals surface area contributed by atoms with Crippen LogP contribution in [0.5, 0.6) is 0 Å². The van der Waals surface area contributed by atoms with Crippen LogP contribution in [0.3, 0.4) is 0 Å². The zero-order chi connectivity index (χ0) is 27.8. The molecule has 0 atom stereocenters. The molecule has 1 amide bonds. The number of imidazole rings is 1. The number of hydrogen-bond donors (Lipinski definition) is 3. The standard InChI is InChI=1S/C31H21FN8O/c32-27-22(20-14-21(17-34-16-20)36-25(41)13-18-5-2-1-3-6-18)8-9-23-26(27)30(40-39-23)31-37-24-10-12-35-28(29(24)38-31)19-7-4-11-33-15-19/h1-12,14-17H,13H2,(H,36,41)(H,37,38)(H,39,40). The zero-order valence-corrected chi connectivity index (χ0v) is 21.5. The smallest absolute Gasteiger partial charge is 0.228 e. The molecule has 198 valence electrons. The number of pyridine rings is 3. The minimum Gasteiger partial charge on any atom is -0.336 e. The van der Waals surface area contributed by atoms with E-state index in [1.807, 2.05) is 48.5 Å². The van der Waals surface area contributed by atoms with E-state index in [1.54, 1.807) is 43.0 Å². The normalized spacial score (nSPS) is 11.2. The molecule has 0 fully saturated rings. The summed E-state index contributed by atoms with van der Waals surface area (Å²) in [6.07, 6.45) is 8.42. The highest BCUT2D eigenvalue weighted by Crippen LogP contribution is 2.35. The van der Waals surface area contributed by atoms with Crippen molar-refractivity contribution in [3.8, 4) is 33.9 Å². The number of H-pyrrole nitrogens is 2. The van der Waals surface area contributed by atoms with E-state index in [2.05, 4.69) is 35.5 Å². The molecule has 7 rings (SSSR count). The number of anilines is 1.